The van der Waals surface area contributed by atoms with E-state index >= 15 is 0 Å². The quantitative estimate of drug-likeness (QED) is 0.326. The molecule has 0 unspecified atom stereocenters. The summed E-state index contributed by atoms with van der Waals surface area (Å²) in [5.41, 5.74) is 4.59. The molecule has 0 fully saturated rings. The average Bonchev–Trinajstić information content (AvgIpc) is 1.88. The molecule has 0 aliphatic rings. The third-order valence-electron chi connectivity index (χ3n) is 1.31. The van der Waals surface area contributed by atoms with Gasteiger partial charge in [0.25, 0.3) is 0 Å². The summed E-state index contributed by atoms with van der Waals surface area (Å²) in [5.74, 6) is 5.20. The summed E-state index contributed by atoms with van der Waals surface area (Å²) >= 11 is 4.21. The van der Waals surface area contributed by atoms with Crippen molar-refractivity contribution in [1.29, 1.82) is 0 Å². The molecule has 3 heteroatoms. The van der Waals surface area contributed by atoms with Crippen LogP contribution in [0.15, 0.2) is 23.1 Å². The second-order valence-electron chi connectivity index (χ2n) is 2.16. The van der Waals surface area contributed by atoms with Crippen LogP contribution in [0.2, 0.25) is 0 Å². The maximum Gasteiger partial charge on any atom is 0.0618 e. The minimum atomic E-state index is 0.855. The molecule has 0 aliphatic heterocycles. The van der Waals surface area contributed by atoms with Gasteiger partial charge in [0.15, 0.2) is 0 Å². The Morgan fingerprint density at radius 2 is 2.20 bits per heavy atom. The first-order chi connectivity index (χ1) is 4.74. The van der Waals surface area contributed by atoms with Crippen LogP contribution >= 0.6 is 12.6 Å². The van der Waals surface area contributed by atoms with Gasteiger partial charge in [-0.05, 0) is 24.6 Å². The second-order valence-corrected chi connectivity index (χ2v) is 2.65. The summed E-state index contributed by atoms with van der Waals surface area (Å²) in [4.78, 5) is 0.877. The second kappa shape index (κ2) is 2.94. The van der Waals surface area contributed by atoms with Gasteiger partial charge < -0.3 is 5.43 Å². The third-order valence-corrected chi connectivity index (χ3v) is 1.68. The number of hydrogen-bond donors (Lipinski definition) is 3. The Kier molecular flexibility index (Phi) is 2.19. The molecule has 0 aliphatic carbocycles. The molecule has 1 aromatic carbocycles. The van der Waals surface area contributed by atoms with Crippen LogP contribution in [-0.2, 0) is 0 Å². The number of anilines is 1. The highest BCUT2D eigenvalue weighted by molar-refractivity contribution is 7.80. The van der Waals surface area contributed by atoms with Crippen molar-refractivity contribution in [3.8, 4) is 0 Å². The van der Waals surface area contributed by atoms with Crippen molar-refractivity contribution in [2.24, 2.45) is 5.84 Å². The highest BCUT2D eigenvalue weighted by Crippen LogP contribution is 2.19. The molecule has 0 amide bonds. The summed E-state index contributed by atoms with van der Waals surface area (Å²) in [6.07, 6.45) is 0. The lowest BCUT2D eigenvalue weighted by Crippen LogP contribution is -2.07. The highest BCUT2D eigenvalue weighted by atomic mass is 32.1. The van der Waals surface area contributed by atoms with Crippen molar-refractivity contribution >= 4 is 18.3 Å². The number of aryl methyl sites for hydroxylation is 1. The van der Waals surface area contributed by atoms with E-state index in [1.54, 1.807) is 0 Å². The monoisotopic (exact) mass is 154 g/mol. The van der Waals surface area contributed by atoms with E-state index in [1.165, 1.54) is 5.56 Å². The van der Waals surface area contributed by atoms with Crippen molar-refractivity contribution in [1.82, 2.24) is 0 Å². The smallest absolute Gasteiger partial charge is 0.0618 e. The Hall–Kier alpha value is -0.670. The Balaban J connectivity index is 3.07. The fraction of sp³-hybridized carbons (Fsp3) is 0.143. The molecule has 1 aromatic rings. The van der Waals surface area contributed by atoms with Crippen molar-refractivity contribution in [2.45, 2.75) is 11.8 Å². The topological polar surface area (TPSA) is 38.0 Å². The van der Waals surface area contributed by atoms with Gasteiger partial charge in [-0.3, -0.25) is 5.84 Å². The first kappa shape index (κ1) is 7.44. The van der Waals surface area contributed by atoms with Crippen LogP contribution in [0.3, 0.4) is 0 Å². The molecule has 0 atom stereocenters. The van der Waals surface area contributed by atoms with E-state index in [1.807, 2.05) is 25.1 Å². The lowest BCUT2D eigenvalue weighted by Gasteiger charge is -2.03. The van der Waals surface area contributed by atoms with Gasteiger partial charge in [0.05, 0.1) is 5.69 Å². The SMILES string of the molecule is Cc1ccc(NN)c(S)c1. The molecular weight excluding hydrogens is 144 g/mol. The van der Waals surface area contributed by atoms with Gasteiger partial charge >= 0.3 is 0 Å². The minimum absolute atomic E-state index is 0.855. The van der Waals surface area contributed by atoms with E-state index in [4.69, 9.17) is 5.84 Å². The number of nitrogen functional groups attached to an aromatic ring is 1. The summed E-state index contributed by atoms with van der Waals surface area (Å²) < 4.78 is 0. The zero-order chi connectivity index (χ0) is 7.56. The molecule has 0 saturated carbocycles. The Bertz CT molecular complexity index is 235. The van der Waals surface area contributed by atoms with Crippen LogP contribution in [0, 0.1) is 6.92 Å². The maximum atomic E-state index is 5.20. The summed E-state index contributed by atoms with van der Waals surface area (Å²) in [6.45, 7) is 2.01. The summed E-state index contributed by atoms with van der Waals surface area (Å²) in [5, 5.41) is 0. The standard InChI is InChI=1S/C7H10N2S/c1-5-2-3-6(9-8)7(10)4-5/h2-4,9-10H,8H2,1H3. The van der Waals surface area contributed by atoms with Gasteiger partial charge in [-0.25, -0.2) is 0 Å². The van der Waals surface area contributed by atoms with Crippen molar-refractivity contribution in [2.75, 3.05) is 5.43 Å². The molecule has 0 spiro atoms. The van der Waals surface area contributed by atoms with Crippen LogP contribution in [-0.4, -0.2) is 0 Å². The zero-order valence-electron chi connectivity index (χ0n) is 5.76. The van der Waals surface area contributed by atoms with Crippen molar-refractivity contribution in [3.63, 3.8) is 0 Å². The largest absolute Gasteiger partial charge is 0.323 e. The highest BCUT2D eigenvalue weighted by Gasteiger charge is 1.94. The lowest BCUT2D eigenvalue weighted by molar-refractivity contribution is 1.27. The first-order valence-electron chi connectivity index (χ1n) is 3.00. The number of thiol groups is 1. The fourth-order valence-electron chi connectivity index (χ4n) is 0.764. The van der Waals surface area contributed by atoms with Crippen molar-refractivity contribution in [3.05, 3.63) is 23.8 Å². The molecule has 0 saturated heterocycles. The molecular formula is C7H10N2S. The molecule has 54 valence electrons. The van der Waals surface area contributed by atoms with Crippen LogP contribution < -0.4 is 11.3 Å². The van der Waals surface area contributed by atoms with Crippen LogP contribution in [0.5, 0.6) is 0 Å². The molecule has 0 radical (unpaired) electrons. The average molecular weight is 154 g/mol. The molecule has 1 rings (SSSR count). The van der Waals surface area contributed by atoms with Crippen LogP contribution in [0.4, 0.5) is 5.69 Å². The normalized spacial score (nSPS) is 9.50. The maximum absolute atomic E-state index is 5.20. The number of nitrogens with one attached hydrogen (secondary N) is 1. The van der Waals surface area contributed by atoms with E-state index < -0.39 is 0 Å². The Morgan fingerprint density at radius 3 is 2.70 bits per heavy atom. The van der Waals surface area contributed by atoms with Gasteiger partial charge in [0, 0.05) is 4.90 Å². The predicted molar refractivity (Wildman–Crippen MR) is 46.2 cm³/mol. The Labute approximate surface area is 65.8 Å². The molecule has 3 N–H and O–H groups in total. The lowest BCUT2D eigenvalue weighted by atomic mass is 10.2. The number of benzene rings is 1. The molecule has 2 nitrogen and oxygen atoms in total. The molecule has 10 heavy (non-hydrogen) atoms. The number of rotatable bonds is 1. The van der Waals surface area contributed by atoms with Gasteiger partial charge in [0.2, 0.25) is 0 Å². The zero-order valence-corrected chi connectivity index (χ0v) is 6.65. The van der Waals surface area contributed by atoms with E-state index in [0.717, 1.165) is 10.6 Å². The van der Waals surface area contributed by atoms with E-state index in [0.29, 0.717) is 0 Å². The van der Waals surface area contributed by atoms with Gasteiger partial charge in [-0.2, -0.15) is 0 Å². The van der Waals surface area contributed by atoms with Gasteiger partial charge in [0.1, 0.15) is 0 Å². The van der Waals surface area contributed by atoms with Crippen molar-refractivity contribution < 1.29 is 0 Å². The fourth-order valence-corrected chi connectivity index (χ4v) is 1.11. The number of nitrogens with two attached hydrogens (primary N) is 1. The molecule has 0 aromatic heterocycles. The summed E-state index contributed by atoms with van der Waals surface area (Å²) in [7, 11) is 0. The molecule has 0 bridgehead atoms. The summed E-state index contributed by atoms with van der Waals surface area (Å²) in [6, 6.07) is 5.84. The third kappa shape index (κ3) is 1.43. The van der Waals surface area contributed by atoms with E-state index in [2.05, 4.69) is 18.1 Å². The molecule has 0 heterocycles. The van der Waals surface area contributed by atoms with E-state index in [-0.39, 0.29) is 0 Å². The predicted octanol–water partition coefficient (Wildman–Crippen LogP) is 1.57. The van der Waals surface area contributed by atoms with Crippen LogP contribution in [0.25, 0.3) is 0 Å². The number of hydrogen-bond acceptors (Lipinski definition) is 3. The van der Waals surface area contributed by atoms with Crippen LogP contribution in [0.1, 0.15) is 5.56 Å². The van der Waals surface area contributed by atoms with Gasteiger partial charge in [-0.15, -0.1) is 12.6 Å². The number of hydrazine groups is 1. The van der Waals surface area contributed by atoms with E-state index in [9.17, 15) is 0 Å². The Morgan fingerprint density at radius 1 is 1.50 bits per heavy atom. The first-order valence-corrected chi connectivity index (χ1v) is 3.45. The minimum Gasteiger partial charge on any atom is -0.323 e. The van der Waals surface area contributed by atoms with Gasteiger partial charge in [-0.1, -0.05) is 6.07 Å².